The van der Waals surface area contributed by atoms with Gasteiger partial charge in [0.15, 0.2) is 11.1 Å². The second-order valence-electron chi connectivity index (χ2n) is 4.51. The van der Waals surface area contributed by atoms with Gasteiger partial charge in [0.25, 0.3) is 0 Å². The van der Waals surface area contributed by atoms with Crippen LogP contribution in [0.3, 0.4) is 0 Å². The van der Waals surface area contributed by atoms with Gasteiger partial charge in [0.2, 0.25) is 12.2 Å². The zero-order valence-electron chi connectivity index (χ0n) is 13.2. The monoisotopic (exact) mass is 375 g/mol. The first kappa shape index (κ1) is 20.3. The highest BCUT2D eigenvalue weighted by molar-refractivity contribution is 7.99. The lowest BCUT2D eigenvalue weighted by molar-refractivity contribution is -0.118. The zero-order valence-corrected chi connectivity index (χ0v) is 14.0. The Balaban J connectivity index is 2.55. The number of alkyl halides is 3. The number of hydrogen-bond donors (Lipinski definition) is 3. The van der Waals surface area contributed by atoms with E-state index >= 15 is 0 Å². The fourth-order valence-electron chi connectivity index (χ4n) is 1.35. The number of rotatable bonds is 6. The molecular weight excluding hydrogens is 359 g/mol. The van der Waals surface area contributed by atoms with Crippen LogP contribution in [0.4, 0.5) is 19.0 Å². The van der Waals surface area contributed by atoms with Crippen LogP contribution in [0.25, 0.3) is 0 Å². The average molecular weight is 375 g/mol. The Morgan fingerprint density at radius 1 is 1.48 bits per heavy atom. The molecule has 0 fully saturated rings. The van der Waals surface area contributed by atoms with E-state index in [0.717, 1.165) is 0 Å². The number of nitrogens with two attached hydrogens (primary N) is 2. The molecule has 136 valence electrons. The van der Waals surface area contributed by atoms with Crippen molar-refractivity contribution >= 4 is 29.5 Å². The Morgan fingerprint density at radius 2 is 2.20 bits per heavy atom. The summed E-state index contributed by atoms with van der Waals surface area (Å²) in [5.74, 6) is 0.458. The first-order valence-electron chi connectivity index (χ1n) is 6.74. The number of aromatic nitrogens is 2. The largest absolute Gasteiger partial charge is 0.408 e. The Bertz CT molecular complexity index is 669. The third-order valence-electron chi connectivity index (χ3n) is 2.53. The van der Waals surface area contributed by atoms with E-state index in [1.54, 1.807) is 18.1 Å². The molecule has 0 amide bonds. The summed E-state index contributed by atoms with van der Waals surface area (Å²) in [4.78, 5) is 16.3. The Morgan fingerprint density at radius 3 is 2.84 bits per heavy atom. The van der Waals surface area contributed by atoms with E-state index in [2.05, 4.69) is 25.3 Å². The highest BCUT2D eigenvalue weighted by atomic mass is 32.2. The van der Waals surface area contributed by atoms with Crippen LogP contribution in [0.2, 0.25) is 0 Å². The molecule has 0 aliphatic carbocycles. The van der Waals surface area contributed by atoms with Gasteiger partial charge in [0.1, 0.15) is 12.4 Å². The molecular formula is C12H16F3N9S. The van der Waals surface area contributed by atoms with Gasteiger partial charge >= 0.3 is 6.18 Å². The van der Waals surface area contributed by atoms with E-state index in [4.69, 9.17) is 16.7 Å². The molecule has 0 saturated heterocycles. The molecule has 0 bridgehead atoms. The molecule has 25 heavy (non-hydrogen) atoms. The van der Waals surface area contributed by atoms with Gasteiger partial charge in [0, 0.05) is 25.5 Å². The van der Waals surface area contributed by atoms with Crippen molar-refractivity contribution in [1.29, 1.82) is 5.26 Å². The molecule has 0 aliphatic heterocycles. The van der Waals surface area contributed by atoms with Crippen LogP contribution in [-0.4, -0.2) is 58.9 Å². The lowest BCUT2D eigenvalue weighted by atomic mass is 10.6. The predicted octanol–water partition coefficient (Wildman–Crippen LogP) is 0.585. The predicted molar refractivity (Wildman–Crippen MR) is 88.8 cm³/mol. The summed E-state index contributed by atoms with van der Waals surface area (Å²) < 4.78 is 36.2. The van der Waals surface area contributed by atoms with Crippen molar-refractivity contribution < 1.29 is 13.2 Å². The number of hydrogen-bond acceptors (Lipinski definition) is 6. The minimum Gasteiger partial charge on any atom is -0.370 e. The number of halogens is 3. The fraction of sp³-hybridized carbons (Fsp3) is 0.417. The molecule has 0 atom stereocenters. The molecule has 13 heteroatoms. The van der Waals surface area contributed by atoms with Gasteiger partial charge in [-0.15, -0.1) is 4.99 Å². The first-order valence-corrected chi connectivity index (χ1v) is 7.72. The minimum atomic E-state index is -4.43. The van der Waals surface area contributed by atoms with Gasteiger partial charge in [-0.2, -0.15) is 18.4 Å². The van der Waals surface area contributed by atoms with Gasteiger partial charge in [-0.25, -0.2) is 15.0 Å². The van der Waals surface area contributed by atoms with E-state index in [1.807, 2.05) is 0 Å². The van der Waals surface area contributed by atoms with E-state index in [-0.39, 0.29) is 11.8 Å². The van der Waals surface area contributed by atoms with Crippen LogP contribution in [0.5, 0.6) is 0 Å². The van der Waals surface area contributed by atoms with Crippen molar-refractivity contribution in [3.63, 3.8) is 0 Å². The van der Waals surface area contributed by atoms with E-state index in [1.165, 1.54) is 24.0 Å². The molecule has 0 unspecified atom stereocenters. The second-order valence-corrected chi connectivity index (χ2v) is 5.57. The van der Waals surface area contributed by atoms with Gasteiger partial charge in [0.05, 0.1) is 0 Å². The highest BCUT2D eigenvalue weighted by Gasteiger charge is 2.26. The molecule has 0 radical (unpaired) electrons. The lowest BCUT2D eigenvalue weighted by Gasteiger charge is -2.15. The summed E-state index contributed by atoms with van der Waals surface area (Å²) in [6.07, 6.45) is -1.40. The highest BCUT2D eigenvalue weighted by Crippen LogP contribution is 2.15. The summed E-state index contributed by atoms with van der Waals surface area (Å²) in [5, 5.41) is 11.3. The summed E-state index contributed by atoms with van der Waals surface area (Å²) in [6, 6.07) is 1.45. The van der Waals surface area contributed by atoms with Crippen molar-refractivity contribution in [2.45, 2.75) is 11.3 Å². The minimum absolute atomic E-state index is 0.0908. The molecule has 0 aromatic carbocycles. The number of nitriles is 1. The smallest absolute Gasteiger partial charge is 0.370 e. The lowest BCUT2D eigenvalue weighted by Crippen LogP contribution is -2.35. The van der Waals surface area contributed by atoms with Crippen molar-refractivity contribution in [2.24, 2.45) is 21.5 Å². The maximum Gasteiger partial charge on any atom is 0.408 e. The van der Waals surface area contributed by atoms with Crippen molar-refractivity contribution in [2.75, 3.05) is 31.2 Å². The number of nitrogens with one attached hydrogen (secondary N) is 1. The Kier molecular flexibility index (Phi) is 7.73. The normalized spacial score (nSPS) is 12.6. The van der Waals surface area contributed by atoms with Crippen molar-refractivity contribution in [3.8, 4) is 6.19 Å². The molecule has 5 N–H and O–H groups in total. The SMILES string of the molecule is CN(CCSc1nccc(NC(N)=NCC(F)(F)F)n1)C(N)=NC#N. The topological polar surface area (TPSA) is 142 Å². The molecule has 0 saturated carbocycles. The molecule has 1 aromatic heterocycles. The van der Waals surface area contributed by atoms with E-state index < -0.39 is 18.7 Å². The van der Waals surface area contributed by atoms with Gasteiger partial charge in [-0.3, -0.25) is 0 Å². The van der Waals surface area contributed by atoms with E-state index in [9.17, 15) is 13.2 Å². The molecule has 1 heterocycles. The van der Waals surface area contributed by atoms with Crippen LogP contribution >= 0.6 is 11.8 Å². The van der Waals surface area contributed by atoms with Crippen LogP contribution < -0.4 is 16.8 Å². The van der Waals surface area contributed by atoms with Crippen LogP contribution in [-0.2, 0) is 0 Å². The fourth-order valence-corrected chi connectivity index (χ4v) is 2.20. The summed E-state index contributed by atoms with van der Waals surface area (Å²) >= 11 is 1.29. The summed E-state index contributed by atoms with van der Waals surface area (Å²) in [5.41, 5.74) is 10.9. The molecule has 1 aromatic rings. The van der Waals surface area contributed by atoms with Gasteiger partial charge < -0.3 is 21.7 Å². The molecule has 9 nitrogen and oxygen atoms in total. The van der Waals surface area contributed by atoms with Crippen LogP contribution in [0.15, 0.2) is 27.4 Å². The Labute approximate surface area is 146 Å². The Hall–Kier alpha value is -2.75. The van der Waals surface area contributed by atoms with Crippen LogP contribution in [0, 0.1) is 11.5 Å². The van der Waals surface area contributed by atoms with Crippen molar-refractivity contribution in [3.05, 3.63) is 12.3 Å². The van der Waals surface area contributed by atoms with Crippen molar-refractivity contribution in [1.82, 2.24) is 14.9 Å². The maximum absolute atomic E-state index is 12.1. The number of thioether (sulfide) groups is 1. The number of nitrogens with zero attached hydrogens (tertiary/aromatic N) is 6. The first-order chi connectivity index (χ1) is 11.7. The van der Waals surface area contributed by atoms with E-state index in [0.29, 0.717) is 17.5 Å². The number of anilines is 1. The quantitative estimate of drug-likeness (QED) is 0.216. The van der Waals surface area contributed by atoms with Crippen LogP contribution in [0.1, 0.15) is 0 Å². The summed E-state index contributed by atoms with van der Waals surface area (Å²) in [6.45, 7) is -0.894. The third-order valence-corrected chi connectivity index (χ3v) is 3.37. The average Bonchev–Trinajstić information content (AvgIpc) is 2.53. The van der Waals surface area contributed by atoms with Gasteiger partial charge in [-0.05, 0) is 6.07 Å². The third kappa shape index (κ3) is 8.61. The number of aliphatic imine (C=N–C) groups is 2. The number of guanidine groups is 2. The van der Waals surface area contributed by atoms with Gasteiger partial charge in [-0.1, -0.05) is 11.8 Å². The maximum atomic E-state index is 12.1. The second kappa shape index (κ2) is 9.52. The summed E-state index contributed by atoms with van der Waals surface area (Å²) in [7, 11) is 1.67. The standard InChI is InChI=1S/C12H16F3N9S/c1-24(10(18)21-7-16)4-5-25-11-19-3-2-8(23-11)22-9(17)20-6-12(13,14)15/h2-3H,4-6H2,1H3,(H2,18,21)(H3,17,19,20,22,23). The molecule has 1 rings (SSSR count). The zero-order chi connectivity index (χ0) is 18.9. The molecule has 0 aliphatic rings. The molecule has 0 spiro atoms.